The van der Waals surface area contributed by atoms with Gasteiger partial charge in [-0.3, -0.25) is 14.5 Å². The topological polar surface area (TPSA) is 59.5 Å². The van der Waals surface area contributed by atoms with Crippen molar-refractivity contribution < 1.29 is 14.3 Å². The molecule has 4 rings (SSSR count). The molecular weight excluding hydrogens is 396 g/mol. The average Bonchev–Trinajstić information content (AvgIpc) is 3.42. The third kappa shape index (κ3) is 3.75. The van der Waals surface area contributed by atoms with Crippen molar-refractivity contribution in [2.24, 2.45) is 0 Å². The molecular formula is C24H24N2O3S. The first-order valence-corrected chi connectivity index (χ1v) is 10.8. The number of benzene rings is 2. The number of aryl methyl sites for hydroxylation is 2. The number of carbonyl (C=O) groups excluding carboxylic acids is 2. The van der Waals surface area contributed by atoms with E-state index in [0.29, 0.717) is 10.8 Å². The Labute approximate surface area is 180 Å². The number of rotatable bonds is 6. The van der Waals surface area contributed by atoms with Crippen LogP contribution in [0.15, 0.2) is 53.9 Å². The van der Waals surface area contributed by atoms with E-state index in [1.165, 1.54) is 18.3 Å². The van der Waals surface area contributed by atoms with Crippen LogP contribution in [0.25, 0.3) is 0 Å². The Morgan fingerprint density at radius 1 is 1.07 bits per heavy atom. The minimum absolute atomic E-state index is 0.0996. The van der Waals surface area contributed by atoms with E-state index in [2.05, 4.69) is 4.98 Å². The summed E-state index contributed by atoms with van der Waals surface area (Å²) in [7, 11) is 0. The van der Waals surface area contributed by atoms with Gasteiger partial charge in [-0.05, 0) is 43.4 Å². The maximum Gasteiger partial charge on any atom is 0.316 e. The van der Waals surface area contributed by atoms with Gasteiger partial charge in [0.1, 0.15) is 6.61 Å². The van der Waals surface area contributed by atoms with Gasteiger partial charge in [-0.1, -0.05) is 48.5 Å². The average molecular weight is 421 g/mol. The fraction of sp³-hybridized carbons (Fsp3) is 0.292. The molecule has 0 atom stereocenters. The van der Waals surface area contributed by atoms with E-state index in [4.69, 9.17) is 4.74 Å². The van der Waals surface area contributed by atoms with E-state index in [1.54, 1.807) is 4.90 Å². The number of hydrogen-bond donors (Lipinski definition) is 0. The molecule has 1 amide bonds. The summed E-state index contributed by atoms with van der Waals surface area (Å²) >= 11 is 1.37. The molecule has 0 spiro atoms. The van der Waals surface area contributed by atoms with Crippen LogP contribution < -0.4 is 4.90 Å². The van der Waals surface area contributed by atoms with Gasteiger partial charge in [0.05, 0.1) is 16.8 Å². The van der Waals surface area contributed by atoms with Gasteiger partial charge < -0.3 is 4.74 Å². The SMILES string of the molecule is CC(=O)N(c1nc(COC(=O)C2(c3ccccc3)CC2)cs1)c1c(C)cccc1C. The minimum atomic E-state index is -0.510. The highest BCUT2D eigenvalue weighted by Gasteiger charge is 2.52. The monoisotopic (exact) mass is 420 g/mol. The van der Waals surface area contributed by atoms with Crippen LogP contribution in [0.5, 0.6) is 0 Å². The Balaban J connectivity index is 1.50. The normalized spacial score (nSPS) is 14.2. The van der Waals surface area contributed by atoms with Crippen LogP contribution in [-0.2, 0) is 26.3 Å². The zero-order valence-corrected chi connectivity index (χ0v) is 18.2. The zero-order chi connectivity index (χ0) is 21.3. The van der Waals surface area contributed by atoms with Crippen molar-refractivity contribution in [2.45, 2.75) is 45.6 Å². The van der Waals surface area contributed by atoms with Gasteiger partial charge in [0.2, 0.25) is 5.91 Å². The first-order chi connectivity index (χ1) is 14.4. The third-order valence-corrected chi connectivity index (χ3v) is 6.40. The lowest BCUT2D eigenvalue weighted by molar-refractivity contribution is -0.148. The molecule has 2 aromatic carbocycles. The van der Waals surface area contributed by atoms with Crippen molar-refractivity contribution in [2.75, 3.05) is 4.90 Å². The fourth-order valence-corrected chi connectivity index (χ4v) is 4.64. The Bertz CT molecular complexity index is 1070. The fourth-order valence-electron chi connectivity index (χ4n) is 3.78. The second-order valence-electron chi connectivity index (χ2n) is 7.74. The summed E-state index contributed by atoms with van der Waals surface area (Å²) in [5.41, 5.74) is 4.00. The molecule has 3 aromatic rings. The van der Waals surface area contributed by atoms with Crippen LogP contribution in [0.3, 0.4) is 0 Å². The maximum atomic E-state index is 12.7. The summed E-state index contributed by atoms with van der Waals surface area (Å²) < 4.78 is 5.62. The Morgan fingerprint density at radius 3 is 2.33 bits per heavy atom. The molecule has 1 heterocycles. The number of esters is 1. The Kier molecular flexibility index (Phi) is 5.43. The number of ether oxygens (including phenoxy) is 1. The molecule has 0 bridgehead atoms. The molecule has 1 saturated carbocycles. The first kappa shape index (κ1) is 20.3. The Morgan fingerprint density at radius 2 is 1.73 bits per heavy atom. The van der Waals surface area contributed by atoms with Crippen molar-refractivity contribution in [3.8, 4) is 0 Å². The Hall–Kier alpha value is -2.99. The smallest absolute Gasteiger partial charge is 0.316 e. The summed E-state index contributed by atoms with van der Waals surface area (Å²) in [5, 5.41) is 2.42. The van der Waals surface area contributed by atoms with Crippen molar-refractivity contribution in [3.05, 3.63) is 76.3 Å². The van der Waals surface area contributed by atoms with Gasteiger partial charge in [-0.2, -0.15) is 0 Å². The summed E-state index contributed by atoms with van der Waals surface area (Å²) in [6.07, 6.45) is 1.62. The van der Waals surface area contributed by atoms with E-state index in [9.17, 15) is 9.59 Å². The second kappa shape index (κ2) is 8.03. The van der Waals surface area contributed by atoms with Crippen molar-refractivity contribution >= 4 is 34.0 Å². The third-order valence-electron chi connectivity index (χ3n) is 5.53. The lowest BCUT2D eigenvalue weighted by Gasteiger charge is -2.22. The van der Waals surface area contributed by atoms with E-state index in [1.807, 2.05) is 67.8 Å². The first-order valence-electron chi connectivity index (χ1n) is 9.96. The van der Waals surface area contributed by atoms with Crippen molar-refractivity contribution in [1.82, 2.24) is 4.98 Å². The molecule has 0 N–H and O–H groups in total. The molecule has 5 nitrogen and oxygen atoms in total. The number of hydrogen-bond acceptors (Lipinski definition) is 5. The number of thiazole rings is 1. The molecule has 0 unspecified atom stereocenters. The van der Waals surface area contributed by atoms with Crippen LogP contribution in [0.2, 0.25) is 0 Å². The predicted molar refractivity (Wildman–Crippen MR) is 118 cm³/mol. The summed E-state index contributed by atoms with van der Waals surface area (Å²) in [4.78, 5) is 31.4. The van der Waals surface area contributed by atoms with Crippen LogP contribution in [0.4, 0.5) is 10.8 Å². The second-order valence-corrected chi connectivity index (χ2v) is 8.58. The van der Waals surface area contributed by atoms with Gasteiger partial charge in [0.15, 0.2) is 5.13 Å². The molecule has 0 aliphatic heterocycles. The lowest BCUT2D eigenvalue weighted by Crippen LogP contribution is -2.24. The van der Waals surface area contributed by atoms with Crippen molar-refractivity contribution in [1.29, 1.82) is 0 Å². The highest BCUT2D eigenvalue weighted by Crippen LogP contribution is 2.49. The highest BCUT2D eigenvalue weighted by molar-refractivity contribution is 7.14. The summed E-state index contributed by atoms with van der Waals surface area (Å²) in [6.45, 7) is 5.59. The van der Waals surface area contributed by atoms with Gasteiger partial charge in [0.25, 0.3) is 0 Å². The van der Waals surface area contributed by atoms with Gasteiger partial charge in [0, 0.05) is 12.3 Å². The standard InChI is InChI=1S/C24H24N2O3S/c1-16-8-7-9-17(2)21(16)26(18(3)27)23-25-20(15-30-23)14-29-22(28)24(12-13-24)19-10-5-4-6-11-19/h4-11,15H,12-14H2,1-3H3. The van der Waals surface area contributed by atoms with Gasteiger partial charge in [-0.25, -0.2) is 4.98 Å². The van der Waals surface area contributed by atoms with Gasteiger partial charge >= 0.3 is 5.97 Å². The molecule has 30 heavy (non-hydrogen) atoms. The van der Waals surface area contributed by atoms with E-state index < -0.39 is 5.41 Å². The molecule has 1 fully saturated rings. The van der Waals surface area contributed by atoms with Crippen molar-refractivity contribution in [3.63, 3.8) is 0 Å². The molecule has 0 saturated heterocycles. The number of anilines is 2. The lowest BCUT2D eigenvalue weighted by atomic mass is 9.96. The van der Waals surface area contributed by atoms with E-state index >= 15 is 0 Å². The van der Waals surface area contributed by atoms with E-state index in [0.717, 1.165) is 35.2 Å². The molecule has 1 aliphatic rings. The molecule has 6 heteroatoms. The number of aromatic nitrogens is 1. The summed E-state index contributed by atoms with van der Waals surface area (Å²) in [6, 6.07) is 15.7. The van der Waals surface area contributed by atoms with Crippen LogP contribution in [0.1, 0.15) is 42.1 Å². The van der Waals surface area contributed by atoms with Crippen LogP contribution >= 0.6 is 11.3 Å². The quantitative estimate of drug-likeness (QED) is 0.513. The largest absolute Gasteiger partial charge is 0.458 e. The van der Waals surface area contributed by atoms with Crippen LogP contribution in [0, 0.1) is 13.8 Å². The number of amides is 1. The van der Waals surface area contributed by atoms with Crippen LogP contribution in [-0.4, -0.2) is 16.9 Å². The minimum Gasteiger partial charge on any atom is -0.458 e. The maximum absolute atomic E-state index is 12.7. The molecule has 1 aromatic heterocycles. The zero-order valence-electron chi connectivity index (χ0n) is 17.3. The molecule has 1 aliphatic carbocycles. The molecule has 154 valence electrons. The van der Waals surface area contributed by atoms with E-state index in [-0.39, 0.29) is 18.5 Å². The predicted octanol–water partition coefficient (Wildman–Crippen LogP) is 5.22. The summed E-state index contributed by atoms with van der Waals surface area (Å²) in [5.74, 6) is -0.312. The number of nitrogens with zero attached hydrogens (tertiary/aromatic N) is 2. The number of carbonyl (C=O) groups is 2. The number of para-hydroxylation sites is 1. The van der Waals surface area contributed by atoms with Gasteiger partial charge in [-0.15, -0.1) is 11.3 Å². The molecule has 0 radical (unpaired) electrons. The highest BCUT2D eigenvalue weighted by atomic mass is 32.1.